The van der Waals surface area contributed by atoms with Gasteiger partial charge in [0.1, 0.15) is 12.8 Å². The number of allylic oxidation sites excluding steroid dienone is 4. The quantitative estimate of drug-likeness (QED) is 0.288. The molecule has 10 nitrogen and oxygen atoms in total. The van der Waals surface area contributed by atoms with Crippen molar-refractivity contribution in [2.75, 3.05) is 6.61 Å². The number of phosphoric acid groups is 1. The van der Waals surface area contributed by atoms with Gasteiger partial charge in [-0.25, -0.2) is 13.3 Å². The SMILES string of the molecule is C[C@]12C=CC(=O)C=C1[C@@H](F)C[C@H]1[C@@H]3C[C@H]4O[C@@H](c5cccc(Cc6cccc(CO)c6)c5)O[C@@]4(C(=O)COP(=O)(O)O)[C@@]3(C)C[C@H](O)[C@@]12F. The summed E-state index contributed by atoms with van der Waals surface area (Å²) in [5, 5.41) is 21.3. The van der Waals surface area contributed by atoms with Crippen LogP contribution >= 0.6 is 7.82 Å². The van der Waals surface area contributed by atoms with Gasteiger partial charge in [0.05, 0.1) is 18.8 Å². The van der Waals surface area contributed by atoms with Crippen molar-refractivity contribution in [2.45, 2.75) is 82.1 Å². The van der Waals surface area contributed by atoms with Crippen LogP contribution < -0.4 is 0 Å². The lowest BCUT2D eigenvalue weighted by molar-refractivity contribution is -0.235. The molecular weight excluding hydrogens is 661 g/mol. The number of ether oxygens (including phenoxy) is 2. The molecule has 49 heavy (non-hydrogen) atoms. The Morgan fingerprint density at radius 1 is 1.06 bits per heavy atom. The molecule has 13 heteroatoms. The summed E-state index contributed by atoms with van der Waals surface area (Å²) in [4.78, 5) is 45.3. The number of aliphatic hydroxyl groups is 2. The number of hydrogen-bond acceptors (Lipinski definition) is 8. The van der Waals surface area contributed by atoms with Gasteiger partial charge in [-0.05, 0) is 72.9 Å². The molecule has 2 aromatic rings. The number of fused-ring (bicyclic) bond motifs is 7. The van der Waals surface area contributed by atoms with Gasteiger partial charge in [0, 0.05) is 22.3 Å². The second-order valence-corrected chi connectivity index (χ2v) is 15.7. The molecule has 1 saturated heterocycles. The number of alkyl halides is 2. The highest BCUT2D eigenvalue weighted by molar-refractivity contribution is 7.46. The third kappa shape index (κ3) is 5.18. The Balaban J connectivity index is 1.26. The van der Waals surface area contributed by atoms with E-state index in [-0.39, 0.29) is 31.4 Å². The van der Waals surface area contributed by atoms with E-state index in [2.05, 4.69) is 4.52 Å². The molecule has 7 rings (SSSR count). The van der Waals surface area contributed by atoms with E-state index in [0.717, 1.165) is 22.8 Å². The Hall–Kier alpha value is -2.93. The largest absolute Gasteiger partial charge is 0.470 e. The average Bonchev–Trinajstić information content (AvgIpc) is 3.55. The van der Waals surface area contributed by atoms with Crippen molar-refractivity contribution in [3.63, 3.8) is 0 Å². The number of ketones is 2. The van der Waals surface area contributed by atoms with Crippen LogP contribution in [0, 0.1) is 22.7 Å². The van der Waals surface area contributed by atoms with Crippen LogP contribution in [0.15, 0.2) is 72.3 Å². The van der Waals surface area contributed by atoms with Crippen molar-refractivity contribution in [3.8, 4) is 0 Å². The van der Waals surface area contributed by atoms with Gasteiger partial charge in [-0.2, -0.15) is 0 Å². The van der Waals surface area contributed by atoms with E-state index >= 15 is 8.78 Å². The smallest absolute Gasteiger partial charge is 0.392 e. The lowest BCUT2D eigenvalue weighted by atomic mass is 9.44. The number of benzene rings is 2. The zero-order valence-corrected chi connectivity index (χ0v) is 27.9. The average molecular weight is 701 g/mol. The van der Waals surface area contributed by atoms with E-state index in [0.29, 0.717) is 12.0 Å². The molecule has 2 aromatic carbocycles. The Labute approximate surface area is 282 Å². The summed E-state index contributed by atoms with van der Waals surface area (Å²) in [6.45, 7) is 2.00. The van der Waals surface area contributed by atoms with Crippen LogP contribution in [0.5, 0.6) is 0 Å². The molecule has 4 aliphatic carbocycles. The number of carbonyl (C=O) groups is 2. The van der Waals surface area contributed by atoms with Crippen molar-refractivity contribution in [3.05, 3.63) is 94.6 Å². The normalized spacial score (nSPS) is 39.5. The minimum Gasteiger partial charge on any atom is -0.392 e. The third-order valence-corrected chi connectivity index (χ3v) is 12.4. The highest BCUT2D eigenvalue weighted by Gasteiger charge is 2.80. The monoisotopic (exact) mass is 700 g/mol. The molecule has 0 unspecified atom stereocenters. The summed E-state index contributed by atoms with van der Waals surface area (Å²) < 4.78 is 63.1. The maximum Gasteiger partial charge on any atom is 0.470 e. The molecular formula is C36H39F2O10P. The highest BCUT2D eigenvalue weighted by atomic mass is 31.2. The van der Waals surface area contributed by atoms with Gasteiger partial charge in [0.25, 0.3) is 0 Å². The molecule has 262 valence electrons. The molecule has 3 saturated carbocycles. The first-order chi connectivity index (χ1) is 23.1. The first-order valence-electron chi connectivity index (χ1n) is 16.4. The molecule has 4 N–H and O–H groups in total. The summed E-state index contributed by atoms with van der Waals surface area (Å²) in [6, 6.07) is 14.8. The van der Waals surface area contributed by atoms with E-state index in [1.165, 1.54) is 19.1 Å². The molecule has 5 aliphatic rings. The van der Waals surface area contributed by atoms with Crippen molar-refractivity contribution in [2.24, 2.45) is 22.7 Å². The number of Topliss-reactive ketones (excluding diaryl/α,β-unsaturated/α-hetero) is 1. The first-order valence-corrected chi connectivity index (χ1v) is 17.9. The Bertz CT molecular complexity index is 1810. The summed E-state index contributed by atoms with van der Waals surface area (Å²) in [6.07, 6.45) is -2.09. The second kappa shape index (κ2) is 11.8. The number of aliphatic hydroxyl groups excluding tert-OH is 2. The van der Waals surface area contributed by atoms with Crippen molar-refractivity contribution in [1.82, 2.24) is 0 Å². The number of halogens is 2. The van der Waals surface area contributed by atoms with Gasteiger partial charge >= 0.3 is 7.82 Å². The highest BCUT2D eigenvalue weighted by Crippen LogP contribution is 2.72. The minimum atomic E-state index is -5.10. The molecule has 0 aromatic heterocycles. The Kier molecular flexibility index (Phi) is 8.32. The van der Waals surface area contributed by atoms with Crippen LogP contribution in [-0.2, 0) is 41.2 Å². The van der Waals surface area contributed by atoms with Crippen LogP contribution in [0.2, 0.25) is 0 Å². The molecule has 0 radical (unpaired) electrons. The fourth-order valence-electron chi connectivity index (χ4n) is 9.77. The third-order valence-electron chi connectivity index (χ3n) is 12.0. The molecule has 0 spiro atoms. The lowest BCUT2D eigenvalue weighted by Crippen LogP contribution is -2.70. The van der Waals surface area contributed by atoms with Crippen molar-refractivity contribution >= 4 is 19.4 Å². The number of rotatable bonds is 8. The summed E-state index contributed by atoms with van der Waals surface area (Å²) in [5.41, 5.74) is -4.22. The number of carbonyl (C=O) groups excluding carboxylic acids is 2. The van der Waals surface area contributed by atoms with E-state index < -0.39 is 84.6 Å². The van der Waals surface area contributed by atoms with Gasteiger partial charge in [-0.3, -0.25) is 14.1 Å². The fraction of sp³-hybridized carbons (Fsp3) is 0.500. The predicted octanol–water partition coefficient (Wildman–Crippen LogP) is 4.53. The lowest BCUT2D eigenvalue weighted by Gasteiger charge is -2.63. The molecule has 0 bridgehead atoms. The van der Waals surface area contributed by atoms with Crippen LogP contribution in [0.1, 0.15) is 61.7 Å². The molecule has 1 aliphatic heterocycles. The van der Waals surface area contributed by atoms with Gasteiger partial charge in [0.2, 0.25) is 0 Å². The predicted molar refractivity (Wildman–Crippen MR) is 170 cm³/mol. The zero-order chi connectivity index (χ0) is 35.1. The number of hydrogen-bond donors (Lipinski definition) is 4. The van der Waals surface area contributed by atoms with E-state index in [1.807, 2.05) is 36.4 Å². The topological polar surface area (TPSA) is 160 Å². The first kappa shape index (κ1) is 34.5. The zero-order valence-electron chi connectivity index (χ0n) is 27.0. The van der Waals surface area contributed by atoms with Crippen LogP contribution in [-0.4, -0.2) is 67.8 Å². The van der Waals surface area contributed by atoms with E-state index in [9.17, 15) is 34.2 Å². The molecule has 4 fully saturated rings. The Morgan fingerprint density at radius 3 is 2.47 bits per heavy atom. The van der Waals surface area contributed by atoms with Gasteiger partial charge in [-0.15, -0.1) is 0 Å². The van der Waals surface area contributed by atoms with Gasteiger partial charge in [-0.1, -0.05) is 61.5 Å². The standard InChI is InChI=1S/C36H39F2O10P/c1-33-10-9-24(40)14-27(33)28(37)15-26-25-16-31-36(30(42)19-46-49(43,44)45,34(25,2)17-29(41)35(26,33)38)48-32(47-31)23-8-4-6-21(13-23)11-20-5-3-7-22(12-20)18-39/h3-10,12-14,25-26,28-29,31-32,39,41H,11,15-19H2,1-2H3,(H2,43,44,45)/t25-,26-,28-,29-,31+,32+,33-,34-,35-,36+/m0/s1. The van der Waals surface area contributed by atoms with Crippen molar-refractivity contribution in [1.29, 1.82) is 0 Å². The summed E-state index contributed by atoms with van der Waals surface area (Å²) in [7, 11) is -5.10. The second-order valence-electron chi connectivity index (χ2n) is 14.5. The maximum absolute atomic E-state index is 17.7. The number of phosphoric ester groups is 1. The van der Waals surface area contributed by atoms with Crippen LogP contribution in [0.3, 0.4) is 0 Å². The van der Waals surface area contributed by atoms with Gasteiger partial charge in [0.15, 0.2) is 29.1 Å². The summed E-state index contributed by atoms with van der Waals surface area (Å²) in [5.74, 6) is -3.20. The minimum absolute atomic E-state index is 0.0315. The van der Waals surface area contributed by atoms with Crippen LogP contribution in [0.25, 0.3) is 0 Å². The van der Waals surface area contributed by atoms with E-state index in [4.69, 9.17) is 9.47 Å². The molecule has 10 atom stereocenters. The van der Waals surface area contributed by atoms with Crippen LogP contribution in [0.4, 0.5) is 8.78 Å². The molecule has 0 amide bonds. The van der Waals surface area contributed by atoms with Gasteiger partial charge < -0.3 is 29.5 Å². The summed E-state index contributed by atoms with van der Waals surface area (Å²) >= 11 is 0. The fourth-order valence-corrected chi connectivity index (χ4v) is 10.1. The maximum atomic E-state index is 17.7. The van der Waals surface area contributed by atoms with Crippen molar-refractivity contribution < 1.29 is 56.9 Å². The van der Waals surface area contributed by atoms with E-state index in [1.54, 1.807) is 19.1 Å². The Morgan fingerprint density at radius 2 is 1.76 bits per heavy atom. The molecule has 1 heterocycles.